The molecule has 0 fully saturated rings. The minimum absolute atomic E-state index is 0.0730. The molecular weight excluding hydrogens is 414 g/mol. The quantitative estimate of drug-likeness (QED) is 0.598. The molecule has 0 heterocycles. The molecule has 8 heteroatoms. The van der Waals surface area contributed by atoms with Crippen LogP contribution in [0, 0.1) is 6.92 Å². The average molecular weight is 452 g/mol. The third kappa shape index (κ3) is 9.21. The molecule has 0 saturated carbocycles. The molecule has 0 aliphatic rings. The van der Waals surface area contributed by atoms with Crippen LogP contribution >= 0.6 is 11.8 Å². The van der Waals surface area contributed by atoms with Gasteiger partial charge in [0.2, 0.25) is 11.8 Å². The van der Waals surface area contributed by atoms with Crippen molar-refractivity contribution in [2.24, 2.45) is 0 Å². The largest absolute Gasteiger partial charge is 0.444 e. The first-order valence-electron chi connectivity index (χ1n) is 10.5. The van der Waals surface area contributed by atoms with E-state index in [1.54, 1.807) is 39.6 Å². The van der Waals surface area contributed by atoms with E-state index >= 15 is 0 Å². The van der Waals surface area contributed by atoms with Crippen LogP contribution in [0.1, 0.15) is 58.2 Å². The first-order chi connectivity index (χ1) is 14.4. The Morgan fingerprint density at radius 2 is 1.68 bits per heavy atom. The van der Waals surface area contributed by atoms with Crippen molar-refractivity contribution in [1.29, 1.82) is 0 Å². The number of ether oxygens (including phenoxy) is 1. The van der Waals surface area contributed by atoms with Gasteiger partial charge >= 0.3 is 6.09 Å². The number of nitrogens with one attached hydrogen (secondary N) is 2. The second-order valence-electron chi connectivity index (χ2n) is 8.91. The molecule has 0 aliphatic heterocycles. The number of hydrogen-bond donors (Lipinski definition) is 2. The maximum absolute atomic E-state index is 13.4. The fourth-order valence-electron chi connectivity index (χ4n) is 2.98. The van der Waals surface area contributed by atoms with Crippen molar-refractivity contribution in [1.82, 2.24) is 15.5 Å². The average Bonchev–Trinajstić information content (AvgIpc) is 2.64. The summed E-state index contributed by atoms with van der Waals surface area (Å²) in [7, 11) is 1.59. The van der Waals surface area contributed by atoms with Crippen LogP contribution in [0.5, 0.6) is 0 Å². The molecular formula is C23H37N3O4S. The highest BCUT2D eigenvalue weighted by atomic mass is 32.2. The number of amides is 3. The van der Waals surface area contributed by atoms with Crippen molar-refractivity contribution in [2.45, 2.75) is 71.7 Å². The molecule has 1 rings (SSSR count). The van der Waals surface area contributed by atoms with Crippen LogP contribution in [-0.2, 0) is 14.3 Å². The normalized spacial score (nSPS) is 13.3. The lowest BCUT2D eigenvalue weighted by molar-refractivity contribution is -0.141. The Morgan fingerprint density at radius 3 is 2.16 bits per heavy atom. The topological polar surface area (TPSA) is 87.7 Å². The zero-order valence-corrected chi connectivity index (χ0v) is 20.8. The minimum Gasteiger partial charge on any atom is -0.444 e. The zero-order valence-electron chi connectivity index (χ0n) is 19.9. The summed E-state index contributed by atoms with van der Waals surface area (Å²) < 4.78 is 5.33. The molecule has 2 N–H and O–H groups in total. The third-order valence-corrected chi connectivity index (χ3v) is 5.05. The molecule has 0 aromatic heterocycles. The number of carbonyl (C=O) groups is 3. The SMILES string of the molecule is CSCCC(NC(=O)OC(C)(C)C)C(=O)N(C)C(C(=O)NC(C)C)c1ccc(C)cc1. The maximum Gasteiger partial charge on any atom is 0.408 e. The lowest BCUT2D eigenvalue weighted by Gasteiger charge is -2.32. The Hall–Kier alpha value is -2.22. The van der Waals surface area contributed by atoms with Crippen LogP contribution in [-0.4, -0.2) is 59.5 Å². The fraction of sp³-hybridized carbons (Fsp3) is 0.609. The van der Waals surface area contributed by atoms with Gasteiger partial charge in [0.25, 0.3) is 0 Å². The number of rotatable bonds is 9. The predicted molar refractivity (Wildman–Crippen MR) is 126 cm³/mol. The molecule has 3 amide bonds. The lowest BCUT2D eigenvalue weighted by atomic mass is 10.0. The van der Waals surface area contributed by atoms with Crippen LogP contribution in [0.2, 0.25) is 0 Å². The summed E-state index contributed by atoms with van der Waals surface area (Å²) in [5.41, 5.74) is 1.09. The van der Waals surface area contributed by atoms with Gasteiger partial charge in [-0.3, -0.25) is 9.59 Å². The highest BCUT2D eigenvalue weighted by Gasteiger charge is 2.34. The van der Waals surface area contributed by atoms with Crippen LogP contribution in [0.4, 0.5) is 4.79 Å². The van der Waals surface area contributed by atoms with Gasteiger partial charge in [0.05, 0.1) is 0 Å². The van der Waals surface area contributed by atoms with Crippen molar-refractivity contribution >= 4 is 29.7 Å². The molecule has 0 saturated heterocycles. The second-order valence-corrected chi connectivity index (χ2v) is 9.89. The maximum atomic E-state index is 13.4. The molecule has 174 valence electrons. The summed E-state index contributed by atoms with van der Waals surface area (Å²) in [6.07, 6.45) is 1.71. The summed E-state index contributed by atoms with van der Waals surface area (Å²) in [5.74, 6) is 0.0629. The third-order valence-electron chi connectivity index (χ3n) is 4.41. The summed E-state index contributed by atoms with van der Waals surface area (Å²) >= 11 is 1.58. The monoisotopic (exact) mass is 451 g/mol. The van der Waals surface area contributed by atoms with Gasteiger partial charge in [0.15, 0.2) is 0 Å². The first-order valence-corrected chi connectivity index (χ1v) is 11.9. The van der Waals surface area contributed by atoms with Gasteiger partial charge in [-0.25, -0.2) is 4.79 Å². The number of alkyl carbamates (subject to hydrolysis) is 1. The van der Waals surface area contributed by atoms with E-state index in [4.69, 9.17) is 4.74 Å². The van der Waals surface area contributed by atoms with Crippen molar-refractivity contribution in [2.75, 3.05) is 19.1 Å². The highest BCUT2D eigenvalue weighted by molar-refractivity contribution is 7.98. The highest BCUT2D eigenvalue weighted by Crippen LogP contribution is 2.22. The van der Waals surface area contributed by atoms with Crippen molar-refractivity contribution in [3.05, 3.63) is 35.4 Å². The Kier molecular flexibility index (Phi) is 10.4. The van der Waals surface area contributed by atoms with Crippen LogP contribution in [0.25, 0.3) is 0 Å². The minimum atomic E-state index is -0.812. The van der Waals surface area contributed by atoms with Gasteiger partial charge < -0.3 is 20.3 Å². The van der Waals surface area contributed by atoms with E-state index < -0.39 is 23.8 Å². The summed E-state index contributed by atoms with van der Waals surface area (Å²) in [5, 5.41) is 5.58. The second kappa shape index (κ2) is 12.0. The Labute approximate surface area is 190 Å². The number of carbonyl (C=O) groups excluding carboxylic acids is 3. The first kappa shape index (κ1) is 26.8. The molecule has 0 aliphatic carbocycles. The van der Waals surface area contributed by atoms with Crippen molar-refractivity contribution in [3.63, 3.8) is 0 Å². The van der Waals surface area contributed by atoms with E-state index in [2.05, 4.69) is 10.6 Å². The van der Waals surface area contributed by atoms with E-state index in [0.717, 1.165) is 5.56 Å². The number of benzene rings is 1. The van der Waals surface area contributed by atoms with E-state index in [1.165, 1.54) is 4.90 Å². The molecule has 0 bridgehead atoms. The van der Waals surface area contributed by atoms with E-state index in [-0.39, 0.29) is 17.9 Å². The molecule has 1 aromatic carbocycles. The van der Waals surface area contributed by atoms with Gasteiger partial charge in [-0.15, -0.1) is 0 Å². The van der Waals surface area contributed by atoms with Gasteiger partial charge in [0, 0.05) is 13.1 Å². The van der Waals surface area contributed by atoms with E-state index in [9.17, 15) is 14.4 Å². The molecule has 0 radical (unpaired) electrons. The van der Waals surface area contributed by atoms with Crippen LogP contribution < -0.4 is 10.6 Å². The summed E-state index contributed by atoms with van der Waals surface area (Å²) in [4.78, 5) is 40.1. The van der Waals surface area contributed by atoms with Gasteiger partial charge in [-0.05, 0) is 65.5 Å². The lowest BCUT2D eigenvalue weighted by Crippen LogP contribution is -2.52. The molecule has 2 unspecified atom stereocenters. The fourth-order valence-corrected chi connectivity index (χ4v) is 3.45. The number of nitrogens with zero attached hydrogens (tertiary/aromatic N) is 1. The van der Waals surface area contributed by atoms with Crippen LogP contribution in [0.3, 0.4) is 0 Å². The van der Waals surface area contributed by atoms with Gasteiger partial charge in [-0.2, -0.15) is 11.8 Å². The summed E-state index contributed by atoms with van der Waals surface area (Å²) in [6.45, 7) is 11.0. The van der Waals surface area contributed by atoms with Gasteiger partial charge in [-0.1, -0.05) is 29.8 Å². The van der Waals surface area contributed by atoms with Crippen LogP contribution in [0.15, 0.2) is 24.3 Å². The molecule has 0 spiro atoms. The molecule has 1 aromatic rings. The van der Waals surface area contributed by atoms with Crippen molar-refractivity contribution < 1.29 is 19.1 Å². The number of hydrogen-bond acceptors (Lipinski definition) is 5. The number of likely N-dealkylation sites (N-methyl/N-ethyl adjacent to an activating group) is 1. The van der Waals surface area contributed by atoms with E-state index in [1.807, 2.05) is 51.3 Å². The van der Waals surface area contributed by atoms with Crippen molar-refractivity contribution in [3.8, 4) is 0 Å². The summed E-state index contributed by atoms with van der Waals surface area (Å²) in [6, 6.07) is 5.83. The Balaban J connectivity index is 3.17. The van der Waals surface area contributed by atoms with Gasteiger partial charge in [0.1, 0.15) is 17.7 Å². The number of thioether (sulfide) groups is 1. The zero-order chi connectivity index (χ0) is 23.8. The predicted octanol–water partition coefficient (Wildman–Crippen LogP) is 3.67. The number of aryl methyl sites for hydroxylation is 1. The smallest absolute Gasteiger partial charge is 0.408 e. The molecule has 2 atom stereocenters. The Bertz CT molecular complexity index is 744. The Morgan fingerprint density at radius 1 is 1.10 bits per heavy atom. The molecule has 7 nitrogen and oxygen atoms in total. The standard InChI is InChI=1S/C23H37N3O4S/c1-15(2)24-20(27)19(17-11-9-16(3)10-12-17)26(7)21(28)18(13-14-31-8)25-22(29)30-23(4,5)6/h9-12,15,18-19H,13-14H2,1-8H3,(H,24,27)(H,25,29). The van der Waals surface area contributed by atoms with E-state index in [0.29, 0.717) is 17.7 Å². The molecule has 31 heavy (non-hydrogen) atoms.